The van der Waals surface area contributed by atoms with Gasteiger partial charge in [0.05, 0.1) is 34.5 Å². The Kier molecular flexibility index (Phi) is 8.54. The molecule has 1 saturated heterocycles. The molecule has 0 bridgehead atoms. The van der Waals surface area contributed by atoms with Gasteiger partial charge in [-0.25, -0.2) is 14.6 Å². The number of aromatic nitrogens is 2. The number of thiazole rings is 1. The number of alkyl halides is 1. The van der Waals surface area contributed by atoms with Crippen LogP contribution in [0.5, 0.6) is 5.75 Å². The second-order valence-corrected chi connectivity index (χ2v) is 12.9. The van der Waals surface area contributed by atoms with E-state index in [0.29, 0.717) is 68.8 Å². The zero-order chi connectivity index (χ0) is 29.5. The maximum atomic E-state index is 13.7. The fourth-order valence-electron chi connectivity index (χ4n) is 5.25. The first kappa shape index (κ1) is 29.5. The second-order valence-electron chi connectivity index (χ2n) is 10.2. The van der Waals surface area contributed by atoms with Crippen molar-refractivity contribution in [2.24, 2.45) is 0 Å². The molecule has 6 rings (SSSR count). The van der Waals surface area contributed by atoms with Crippen molar-refractivity contribution < 1.29 is 28.3 Å². The van der Waals surface area contributed by atoms with Gasteiger partial charge in [-0.3, -0.25) is 0 Å². The Morgan fingerprint density at radius 1 is 1.14 bits per heavy atom. The number of carbonyl (C=O) groups excluding carboxylic acids is 2. The third-order valence-corrected chi connectivity index (χ3v) is 10.2. The van der Waals surface area contributed by atoms with Crippen molar-refractivity contribution in [1.82, 2.24) is 10.1 Å². The van der Waals surface area contributed by atoms with Crippen LogP contribution in [0.1, 0.15) is 58.1 Å². The van der Waals surface area contributed by atoms with E-state index in [1.165, 1.54) is 18.4 Å². The van der Waals surface area contributed by atoms with E-state index in [4.69, 9.17) is 46.9 Å². The van der Waals surface area contributed by atoms with Crippen molar-refractivity contribution in [2.45, 2.75) is 43.7 Å². The van der Waals surface area contributed by atoms with Gasteiger partial charge in [0, 0.05) is 41.3 Å². The van der Waals surface area contributed by atoms with E-state index in [-0.39, 0.29) is 18.1 Å². The molecule has 13 heteroatoms. The van der Waals surface area contributed by atoms with Gasteiger partial charge >= 0.3 is 11.9 Å². The highest BCUT2D eigenvalue weighted by Crippen LogP contribution is 2.46. The molecule has 1 aliphatic carbocycles. The van der Waals surface area contributed by atoms with Crippen LogP contribution in [0.2, 0.25) is 10.0 Å². The molecule has 2 fully saturated rings. The van der Waals surface area contributed by atoms with Crippen molar-refractivity contribution in [3.8, 4) is 17.0 Å². The number of anilines is 1. The quantitative estimate of drug-likeness (QED) is 0.103. The Morgan fingerprint density at radius 3 is 2.57 bits per heavy atom. The molecular formula is C29H26Cl2IN3O6S. The predicted molar refractivity (Wildman–Crippen MR) is 170 cm³/mol. The zero-order valence-corrected chi connectivity index (χ0v) is 27.2. The Morgan fingerprint density at radius 2 is 1.90 bits per heavy atom. The van der Waals surface area contributed by atoms with Crippen LogP contribution < -0.4 is 9.64 Å². The molecular weight excluding hydrogens is 716 g/mol. The first-order valence-electron chi connectivity index (χ1n) is 13.4. The van der Waals surface area contributed by atoms with Crippen LogP contribution in [0.4, 0.5) is 5.13 Å². The summed E-state index contributed by atoms with van der Waals surface area (Å²) in [6, 6.07) is 8.65. The number of halogens is 3. The van der Waals surface area contributed by atoms with Crippen molar-refractivity contribution in [3.63, 3.8) is 0 Å². The summed E-state index contributed by atoms with van der Waals surface area (Å²) in [5, 5.41) is 5.82. The molecule has 1 saturated carbocycles. The predicted octanol–water partition coefficient (Wildman–Crippen LogP) is 7.56. The second kappa shape index (κ2) is 12.2. The summed E-state index contributed by atoms with van der Waals surface area (Å²) in [6.45, 7) is 0.639. The van der Waals surface area contributed by atoms with Crippen LogP contribution in [0.3, 0.4) is 0 Å². The third-order valence-electron chi connectivity index (χ3n) is 7.53. The van der Waals surface area contributed by atoms with E-state index >= 15 is 0 Å². The number of piperidine rings is 1. The highest BCUT2D eigenvalue weighted by atomic mass is 127. The fourth-order valence-corrected chi connectivity index (χ4v) is 7.78. The largest absolute Gasteiger partial charge is 0.494 e. The monoisotopic (exact) mass is 741 g/mol. The summed E-state index contributed by atoms with van der Waals surface area (Å²) in [6.07, 6.45) is 2.79. The van der Waals surface area contributed by atoms with Gasteiger partial charge in [0.15, 0.2) is 10.9 Å². The Labute approximate surface area is 269 Å². The highest BCUT2D eigenvalue weighted by Gasteiger charge is 2.39. The number of nitrogens with zero attached hydrogens (tertiary/aromatic N) is 3. The number of methoxy groups -OCH3 is 2. The third kappa shape index (κ3) is 5.56. The lowest BCUT2D eigenvalue weighted by atomic mass is 10.0. The molecule has 9 nitrogen and oxygen atoms in total. The summed E-state index contributed by atoms with van der Waals surface area (Å²) in [5.74, 6) is 0.267. The van der Waals surface area contributed by atoms with Crippen molar-refractivity contribution >= 4 is 84.4 Å². The van der Waals surface area contributed by atoms with Crippen LogP contribution >= 0.6 is 57.1 Å². The minimum Gasteiger partial charge on any atom is -0.494 e. The lowest BCUT2D eigenvalue weighted by Gasteiger charge is -2.38. The SMILES string of the molecule is COC(=O)c1cc(OC)c2nc(N3CC[C@@H](OC(=O)c4c(-c5c(Cl)cccc5Cl)noc4C4CC4)C[C@H]3CI)sc2c1. The van der Waals surface area contributed by atoms with Gasteiger partial charge in [0.2, 0.25) is 0 Å². The summed E-state index contributed by atoms with van der Waals surface area (Å²) < 4.78 is 23.8. The van der Waals surface area contributed by atoms with Gasteiger partial charge in [-0.05, 0) is 37.1 Å². The summed E-state index contributed by atoms with van der Waals surface area (Å²) in [5.41, 5.74) is 2.18. The van der Waals surface area contributed by atoms with E-state index < -0.39 is 11.9 Å². The smallest absolute Gasteiger partial charge is 0.344 e. The maximum absolute atomic E-state index is 13.7. The maximum Gasteiger partial charge on any atom is 0.344 e. The zero-order valence-electron chi connectivity index (χ0n) is 22.7. The number of carbonyl (C=O) groups is 2. The molecule has 2 aromatic carbocycles. The number of hydrogen-bond acceptors (Lipinski definition) is 10. The van der Waals surface area contributed by atoms with Gasteiger partial charge < -0.3 is 23.6 Å². The van der Waals surface area contributed by atoms with Gasteiger partial charge in [-0.2, -0.15) is 0 Å². The summed E-state index contributed by atoms with van der Waals surface area (Å²) in [7, 11) is 2.90. The van der Waals surface area contributed by atoms with Crippen LogP contribution in [-0.4, -0.2) is 59.4 Å². The molecule has 0 unspecified atom stereocenters. The first-order valence-corrected chi connectivity index (χ1v) is 16.5. The molecule has 0 amide bonds. The van der Waals surface area contributed by atoms with Gasteiger partial charge in [-0.1, -0.05) is 68.4 Å². The Hall–Kier alpha value is -2.61. The van der Waals surface area contributed by atoms with Crippen LogP contribution in [-0.2, 0) is 9.47 Å². The van der Waals surface area contributed by atoms with Crippen molar-refractivity contribution in [3.05, 3.63) is 57.3 Å². The summed E-state index contributed by atoms with van der Waals surface area (Å²) >= 11 is 16.8. The number of rotatable bonds is 8. The summed E-state index contributed by atoms with van der Waals surface area (Å²) in [4.78, 5) is 33.0. The van der Waals surface area contributed by atoms with Gasteiger partial charge in [0.25, 0.3) is 0 Å². The number of fused-ring (bicyclic) bond motifs is 1. The molecule has 1 aliphatic heterocycles. The minimum atomic E-state index is -0.477. The molecule has 0 radical (unpaired) electrons. The minimum absolute atomic E-state index is 0.0756. The molecule has 3 heterocycles. The van der Waals surface area contributed by atoms with Crippen molar-refractivity contribution in [1.29, 1.82) is 0 Å². The normalized spacial score (nSPS) is 18.7. The topological polar surface area (TPSA) is 104 Å². The van der Waals surface area contributed by atoms with E-state index in [1.807, 2.05) is 0 Å². The number of ether oxygens (including phenoxy) is 3. The molecule has 4 aromatic rings. The number of esters is 2. The average molecular weight is 742 g/mol. The van der Waals surface area contributed by atoms with E-state index in [0.717, 1.165) is 27.1 Å². The highest BCUT2D eigenvalue weighted by molar-refractivity contribution is 14.1. The number of benzene rings is 2. The lowest BCUT2D eigenvalue weighted by Crippen LogP contribution is -2.46. The van der Waals surface area contributed by atoms with Gasteiger partial charge in [-0.15, -0.1) is 0 Å². The van der Waals surface area contributed by atoms with Crippen molar-refractivity contribution in [2.75, 3.05) is 30.1 Å². The lowest BCUT2D eigenvalue weighted by molar-refractivity contribution is 0.0216. The van der Waals surface area contributed by atoms with E-state index in [9.17, 15) is 9.59 Å². The molecule has 2 aliphatic rings. The fraction of sp³-hybridized carbons (Fsp3) is 0.379. The molecule has 0 N–H and O–H groups in total. The molecule has 220 valence electrons. The molecule has 0 spiro atoms. The van der Waals surface area contributed by atoms with Crippen LogP contribution in [0.25, 0.3) is 21.5 Å². The standard InChI is InChI=1S/C29H26Cl2IN3O6S/c1-38-20-10-15(27(36)39-2)11-21-24(20)33-29(42-21)35-9-8-17(12-16(35)13-32)40-28(37)23-25(34-41-26(23)14-6-7-14)22-18(30)4-3-5-19(22)31/h3-5,10-11,14,16-17H,6-9,12-13H2,1-2H3/t16-,17+/m0/s1. The number of hydrogen-bond donors (Lipinski definition) is 0. The molecule has 42 heavy (non-hydrogen) atoms. The van der Waals surface area contributed by atoms with E-state index in [1.54, 1.807) is 37.4 Å². The first-order chi connectivity index (χ1) is 20.3. The molecule has 2 atom stereocenters. The van der Waals surface area contributed by atoms with E-state index in [2.05, 4.69) is 32.6 Å². The van der Waals surface area contributed by atoms with Gasteiger partial charge in [0.1, 0.15) is 28.6 Å². The van der Waals surface area contributed by atoms with Crippen LogP contribution in [0, 0.1) is 0 Å². The Balaban J connectivity index is 1.24. The van der Waals surface area contributed by atoms with Crippen LogP contribution in [0.15, 0.2) is 34.9 Å². The Bertz CT molecular complexity index is 1650. The molecule has 2 aromatic heterocycles. The average Bonchev–Trinajstić information content (AvgIpc) is 3.60.